The highest BCUT2D eigenvalue weighted by Gasteiger charge is 2.38. The third-order valence-corrected chi connectivity index (χ3v) is 7.63. The van der Waals surface area contributed by atoms with E-state index < -0.39 is 10.0 Å². The van der Waals surface area contributed by atoms with Crippen LogP contribution < -0.4 is 4.31 Å². The van der Waals surface area contributed by atoms with Gasteiger partial charge in [0, 0.05) is 11.7 Å². The molecule has 0 N–H and O–H groups in total. The van der Waals surface area contributed by atoms with E-state index in [9.17, 15) is 13.2 Å². The van der Waals surface area contributed by atoms with E-state index >= 15 is 0 Å². The van der Waals surface area contributed by atoms with Gasteiger partial charge in [-0.05, 0) is 44.0 Å². The SMILES string of the molecule is C=C1CN(C2CCCCC2)C(=O)c2ccccc2N1S(=O)(=O)c1ccc(C)cc1. The number of hydrogen-bond donors (Lipinski definition) is 0. The van der Waals surface area contributed by atoms with Crippen molar-refractivity contribution in [2.24, 2.45) is 0 Å². The lowest BCUT2D eigenvalue weighted by Gasteiger charge is -2.34. The zero-order valence-corrected chi connectivity index (χ0v) is 17.5. The van der Waals surface area contributed by atoms with Crippen LogP contribution in [-0.2, 0) is 10.0 Å². The van der Waals surface area contributed by atoms with E-state index in [2.05, 4.69) is 6.58 Å². The molecule has 29 heavy (non-hydrogen) atoms. The van der Waals surface area contributed by atoms with Gasteiger partial charge in [-0.2, -0.15) is 0 Å². The van der Waals surface area contributed by atoms with Crippen LogP contribution in [0.5, 0.6) is 0 Å². The maximum Gasteiger partial charge on any atom is 0.268 e. The predicted octanol–water partition coefficient (Wildman–Crippen LogP) is 4.49. The summed E-state index contributed by atoms with van der Waals surface area (Å²) in [7, 11) is -3.89. The molecule has 152 valence electrons. The quantitative estimate of drug-likeness (QED) is 0.749. The molecule has 0 unspecified atom stereocenters. The fourth-order valence-corrected chi connectivity index (χ4v) is 5.80. The van der Waals surface area contributed by atoms with Crippen LogP contribution in [0, 0.1) is 6.92 Å². The largest absolute Gasteiger partial charge is 0.330 e. The lowest BCUT2D eigenvalue weighted by atomic mass is 9.93. The first-order chi connectivity index (χ1) is 13.9. The minimum absolute atomic E-state index is 0.116. The summed E-state index contributed by atoms with van der Waals surface area (Å²) in [5.74, 6) is -0.116. The lowest BCUT2D eigenvalue weighted by molar-refractivity contribution is 0.0662. The lowest BCUT2D eigenvalue weighted by Crippen LogP contribution is -2.42. The monoisotopic (exact) mass is 410 g/mol. The average Bonchev–Trinajstić information content (AvgIpc) is 2.83. The number of carbonyl (C=O) groups excluding carboxylic acids is 1. The van der Waals surface area contributed by atoms with Crippen LogP contribution in [0.1, 0.15) is 48.0 Å². The molecule has 2 aromatic carbocycles. The molecule has 6 heteroatoms. The van der Waals surface area contributed by atoms with Crippen molar-refractivity contribution in [1.29, 1.82) is 0 Å². The van der Waals surface area contributed by atoms with Crippen LogP contribution in [0.4, 0.5) is 5.69 Å². The van der Waals surface area contributed by atoms with Gasteiger partial charge in [0.15, 0.2) is 0 Å². The third kappa shape index (κ3) is 3.57. The van der Waals surface area contributed by atoms with Crippen molar-refractivity contribution in [1.82, 2.24) is 4.90 Å². The van der Waals surface area contributed by atoms with E-state index in [0.717, 1.165) is 31.2 Å². The minimum Gasteiger partial charge on any atom is -0.330 e. The summed E-state index contributed by atoms with van der Waals surface area (Å²) in [6, 6.07) is 13.8. The molecule has 1 saturated carbocycles. The Morgan fingerprint density at radius 2 is 1.62 bits per heavy atom. The average molecular weight is 411 g/mol. The van der Waals surface area contributed by atoms with Gasteiger partial charge < -0.3 is 4.90 Å². The molecular formula is C23H26N2O3S. The molecule has 0 radical (unpaired) electrons. The summed E-state index contributed by atoms with van der Waals surface area (Å²) >= 11 is 0. The van der Waals surface area contributed by atoms with Gasteiger partial charge in [-0.3, -0.25) is 4.79 Å². The molecule has 2 aliphatic rings. The van der Waals surface area contributed by atoms with Crippen molar-refractivity contribution < 1.29 is 13.2 Å². The number of para-hydroxylation sites is 1. The summed E-state index contributed by atoms with van der Waals surface area (Å²) in [5, 5.41) is 0. The third-order valence-electron chi connectivity index (χ3n) is 5.83. The molecule has 1 amide bonds. The summed E-state index contributed by atoms with van der Waals surface area (Å²) < 4.78 is 28.4. The Morgan fingerprint density at radius 3 is 2.31 bits per heavy atom. The first-order valence-corrected chi connectivity index (χ1v) is 11.5. The van der Waals surface area contributed by atoms with Crippen LogP contribution in [0.2, 0.25) is 0 Å². The van der Waals surface area contributed by atoms with Gasteiger partial charge in [0.25, 0.3) is 15.9 Å². The van der Waals surface area contributed by atoms with E-state index in [-0.39, 0.29) is 23.4 Å². The Balaban J connectivity index is 1.81. The normalized spacial score (nSPS) is 18.5. The van der Waals surface area contributed by atoms with Crippen LogP contribution in [0.25, 0.3) is 0 Å². The first kappa shape index (κ1) is 19.7. The van der Waals surface area contributed by atoms with E-state index in [1.807, 2.05) is 11.8 Å². The molecule has 1 aliphatic carbocycles. The van der Waals surface area contributed by atoms with Crippen LogP contribution in [-0.4, -0.2) is 31.8 Å². The van der Waals surface area contributed by atoms with Crippen LogP contribution >= 0.6 is 0 Å². The van der Waals surface area contributed by atoms with Gasteiger partial charge in [-0.25, -0.2) is 12.7 Å². The van der Waals surface area contributed by atoms with Crippen LogP contribution in [0.3, 0.4) is 0 Å². The van der Waals surface area contributed by atoms with Crippen molar-refractivity contribution in [3.8, 4) is 0 Å². The fourth-order valence-electron chi connectivity index (χ4n) is 4.29. The summed E-state index contributed by atoms with van der Waals surface area (Å²) in [6.07, 6.45) is 5.27. The maximum absolute atomic E-state index is 13.5. The molecule has 4 rings (SSSR count). The molecule has 0 atom stereocenters. The second-order valence-electron chi connectivity index (χ2n) is 7.89. The van der Waals surface area contributed by atoms with Gasteiger partial charge in [0.2, 0.25) is 0 Å². The standard InChI is InChI=1S/C23H26N2O3S/c1-17-12-14-20(15-13-17)29(27,28)25-18(2)16-24(19-8-4-3-5-9-19)23(26)21-10-6-7-11-22(21)25/h6-7,10-15,19H,2-5,8-9,16H2,1H3. The summed E-state index contributed by atoms with van der Waals surface area (Å²) in [4.78, 5) is 15.4. The molecule has 0 bridgehead atoms. The molecule has 0 spiro atoms. The minimum atomic E-state index is -3.89. The second kappa shape index (κ2) is 7.67. The second-order valence-corrected chi connectivity index (χ2v) is 9.68. The Kier molecular flexibility index (Phi) is 5.21. The zero-order chi connectivity index (χ0) is 20.6. The van der Waals surface area contributed by atoms with Crippen molar-refractivity contribution in [3.63, 3.8) is 0 Å². The molecule has 1 aliphatic heterocycles. The fraction of sp³-hybridized carbons (Fsp3) is 0.348. The molecule has 0 aromatic heterocycles. The highest BCUT2D eigenvalue weighted by molar-refractivity contribution is 7.93. The summed E-state index contributed by atoms with van der Waals surface area (Å²) in [5.41, 5.74) is 2.17. The molecule has 1 heterocycles. The molecule has 2 aromatic rings. The Hall–Kier alpha value is -2.60. The number of hydrogen-bond acceptors (Lipinski definition) is 3. The Bertz CT molecular complexity index is 1040. The van der Waals surface area contributed by atoms with E-state index in [0.29, 0.717) is 16.9 Å². The Labute approximate surface area is 172 Å². The number of aryl methyl sites for hydroxylation is 1. The number of amides is 1. The van der Waals surface area contributed by atoms with E-state index in [1.165, 1.54) is 10.7 Å². The van der Waals surface area contributed by atoms with Crippen molar-refractivity contribution >= 4 is 21.6 Å². The number of anilines is 1. The number of rotatable bonds is 3. The number of fused-ring (bicyclic) bond motifs is 1. The number of carbonyl (C=O) groups is 1. The van der Waals surface area contributed by atoms with Gasteiger partial charge in [0.1, 0.15) is 0 Å². The topological polar surface area (TPSA) is 57.7 Å². The van der Waals surface area contributed by atoms with Gasteiger partial charge in [-0.15, -0.1) is 0 Å². The van der Waals surface area contributed by atoms with Gasteiger partial charge in [-0.1, -0.05) is 55.7 Å². The summed E-state index contributed by atoms with van der Waals surface area (Å²) in [6.45, 7) is 6.22. The Morgan fingerprint density at radius 1 is 0.966 bits per heavy atom. The predicted molar refractivity (Wildman–Crippen MR) is 114 cm³/mol. The van der Waals surface area contributed by atoms with Crippen molar-refractivity contribution in [2.75, 3.05) is 10.8 Å². The smallest absolute Gasteiger partial charge is 0.268 e. The molecule has 1 fully saturated rings. The number of sulfonamides is 1. The number of nitrogens with zero attached hydrogens (tertiary/aromatic N) is 2. The van der Waals surface area contributed by atoms with E-state index in [1.54, 1.807) is 48.5 Å². The highest BCUT2D eigenvalue weighted by Crippen LogP contribution is 2.36. The highest BCUT2D eigenvalue weighted by atomic mass is 32.2. The van der Waals surface area contributed by atoms with Crippen molar-refractivity contribution in [2.45, 2.75) is 50.0 Å². The van der Waals surface area contributed by atoms with Gasteiger partial charge in [0.05, 0.1) is 22.7 Å². The zero-order valence-electron chi connectivity index (χ0n) is 16.7. The molecule has 0 saturated heterocycles. The number of benzene rings is 2. The molecular weight excluding hydrogens is 384 g/mol. The maximum atomic E-state index is 13.5. The van der Waals surface area contributed by atoms with Gasteiger partial charge >= 0.3 is 0 Å². The first-order valence-electron chi connectivity index (χ1n) is 10.1. The van der Waals surface area contributed by atoms with E-state index in [4.69, 9.17) is 0 Å². The van der Waals surface area contributed by atoms with Crippen molar-refractivity contribution in [3.05, 3.63) is 71.9 Å². The van der Waals surface area contributed by atoms with Crippen LogP contribution in [0.15, 0.2) is 65.7 Å². The molecule has 5 nitrogen and oxygen atoms in total.